The van der Waals surface area contributed by atoms with E-state index in [4.69, 9.17) is 10.8 Å². The number of carbonyl (C=O) groups is 1. The molecule has 0 aliphatic rings. The molecule has 0 bridgehead atoms. The molecular formula is C10H8BrN3O2. The van der Waals surface area contributed by atoms with E-state index in [1.165, 1.54) is 6.08 Å². The Bertz CT molecular complexity index is 589. The van der Waals surface area contributed by atoms with E-state index in [1.807, 2.05) is 0 Å². The summed E-state index contributed by atoms with van der Waals surface area (Å²) in [5, 5.41) is 8.56. The number of aromatic nitrogens is 2. The van der Waals surface area contributed by atoms with Crippen LogP contribution in [0, 0.1) is 0 Å². The SMILES string of the molecule is Nc1nc2c(Br)ccc(/C=C/C(=O)O)c2[nH]1. The number of aromatic amines is 1. The van der Waals surface area contributed by atoms with Crippen molar-refractivity contribution in [2.45, 2.75) is 0 Å². The molecule has 0 amide bonds. The number of hydrogen-bond donors (Lipinski definition) is 3. The molecule has 0 fully saturated rings. The minimum atomic E-state index is -0.997. The number of carboxylic acid groups (broad SMARTS) is 1. The predicted octanol–water partition coefficient (Wildman–Crippen LogP) is 2.01. The third-order valence-corrected chi connectivity index (χ3v) is 2.69. The zero-order chi connectivity index (χ0) is 11.7. The van der Waals surface area contributed by atoms with Crippen LogP contribution in [0.3, 0.4) is 0 Å². The van der Waals surface area contributed by atoms with Gasteiger partial charge in [0.25, 0.3) is 0 Å². The number of anilines is 1. The van der Waals surface area contributed by atoms with Gasteiger partial charge >= 0.3 is 5.97 Å². The largest absolute Gasteiger partial charge is 0.478 e. The lowest BCUT2D eigenvalue weighted by atomic mass is 10.1. The van der Waals surface area contributed by atoms with Crippen LogP contribution in [0.5, 0.6) is 0 Å². The van der Waals surface area contributed by atoms with Crippen molar-refractivity contribution in [2.24, 2.45) is 0 Å². The summed E-state index contributed by atoms with van der Waals surface area (Å²) in [5.74, 6) is -0.699. The Balaban J connectivity index is 2.62. The molecule has 0 radical (unpaired) electrons. The van der Waals surface area contributed by atoms with E-state index < -0.39 is 5.97 Å². The highest BCUT2D eigenvalue weighted by atomic mass is 79.9. The third kappa shape index (κ3) is 1.92. The van der Waals surface area contributed by atoms with Crippen LogP contribution in [0.4, 0.5) is 5.95 Å². The first-order chi connectivity index (χ1) is 7.58. The number of hydrogen-bond acceptors (Lipinski definition) is 3. The highest BCUT2D eigenvalue weighted by Crippen LogP contribution is 2.26. The molecule has 5 nitrogen and oxygen atoms in total. The third-order valence-electron chi connectivity index (χ3n) is 2.05. The van der Waals surface area contributed by atoms with Gasteiger partial charge in [-0.15, -0.1) is 0 Å². The number of nitrogens with zero attached hydrogens (tertiary/aromatic N) is 1. The van der Waals surface area contributed by atoms with E-state index in [1.54, 1.807) is 12.1 Å². The van der Waals surface area contributed by atoms with Gasteiger partial charge in [-0.3, -0.25) is 0 Å². The first kappa shape index (κ1) is 10.7. The molecule has 0 atom stereocenters. The first-order valence-corrected chi connectivity index (χ1v) is 5.22. The topological polar surface area (TPSA) is 92.0 Å². The molecule has 2 aromatic rings. The highest BCUT2D eigenvalue weighted by molar-refractivity contribution is 9.10. The van der Waals surface area contributed by atoms with Gasteiger partial charge in [-0.1, -0.05) is 6.07 Å². The van der Waals surface area contributed by atoms with Crippen LogP contribution >= 0.6 is 15.9 Å². The van der Waals surface area contributed by atoms with E-state index in [-0.39, 0.29) is 0 Å². The number of rotatable bonds is 2. The molecule has 0 spiro atoms. The van der Waals surface area contributed by atoms with Gasteiger partial charge in [0.1, 0.15) is 5.52 Å². The van der Waals surface area contributed by atoms with Crippen LogP contribution in [-0.2, 0) is 4.79 Å². The highest BCUT2D eigenvalue weighted by Gasteiger charge is 2.07. The van der Waals surface area contributed by atoms with Crippen molar-refractivity contribution < 1.29 is 9.90 Å². The molecule has 16 heavy (non-hydrogen) atoms. The summed E-state index contributed by atoms with van der Waals surface area (Å²) in [6.45, 7) is 0. The number of aliphatic carboxylic acids is 1. The fourth-order valence-corrected chi connectivity index (χ4v) is 1.82. The summed E-state index contributed by atoms with van der Waals surface area (Å²) in [5.41, 5.74) is 7.68. The summed E-state index contributed by atoms with van der Waals surface area (Å²) < 4.78 is 0.808. The smallest absolute Gasteiger partial charge is 0.328 e. The lowest BCUT2D eigenvalue weighted by molar-refractivity contribution is -0.131. The number of nitrogens with two attached hydrogens (primary N) is 1. The van der Waals surface area contributed by atoms with Crippen molar-refractivity contribution >= 4 is 45.0 Å². The van der Waals surface area contributed by atoms with Crippen molar-refractivity contribution in [3.63, 3.8) is 0 Å². The zero-order valence-electron chi connectivity index (χ0n) is 8.07. The monoisotopic (exact) mass is 281 g/mol. The van der Waals surface area contributed by atoms with Gasteiger partial charge in [0.15, 0.2) is 5.95 Å². The molecule has 2 rings (SSSR count). The van der Waals surface area contributed by atoms with Crippen molar-refractivity contribution in [1.82, 2.24) is 9.97 Å². The van der Waals surface area contributed by atoms with Crippen LogP contribution in [-0.4, -0.2) is 21.0 Å². The Kier molecular flexibility index (Phi) is 2.66. The molecule has 1 aromatic heterocycles. The maximum atomic E-state index is 10.4. The van der Waals surface area contributed by atoms with E-state index in [2.05, 4.69) is 25.9 Å². The maximum absolute atomic E-state index is 10.4. The van der Waals surface area contributed by atoms with Gasteiger partial charge in [0.2, 0.25) is 0 Å². The molecule has 0 unspecified atom stereocenters. The van der Waals surface area contributed by atoms with E-state index in [9.17, 15) is 4.79 Å². The number of halogens is 1. The molecule has 0 aliphatic carbocycles. The molecule has 1 heterocycles. The van der Waals surface area contributed by atoms with Crippen molar-refractivity contribution in [3.05, 3.63) is 28.2 Å². The predicted molar refractivity (Wildman–Crippen MR) is 64.9 cm³/mol. The van der Waals surface area contributed by atoms with Crippen LogP contribution in [0.15, 0.2) is 22.7 Å². The fraction of sp³-hybridized carbons (Fsp3) is 0. The normalized spacial score (nSPS) is 11.3. The van der Waals surface area contributed by atoms with E-state index in [0.717, 1.165) is 16.1 Å². The van der Waals surface area contributed by atoms with Gasteiger partial charge < -0.3 is 15.8 Å². The van der Waals surface area contributed by atoms with Crippen LogP contribution in [0.2, 0.25) is 0 Å². The summed E-state index contributed by atoms with van der Waals surface area (Å²) >= 11 is 3.35. The second-order valence-corrected chi connectivity index (χ2v) is 4.01. The Labute approximate surface area is 99.1 Å². The van der Waals surface area contributed by atoms with Crippen molar-refractivity contribution in [1.29, 1.82) is 0 Å². The van der Waals surface area contributed by atoms with Gasteiger partial charge in [0, 0.05) is 16.1 Å². The number of fused-ring (bicyclic) bond motifs is 1. The van der Waals surface area contributed by atoms with Gasteiger partial charge in [-0.25, -0.2) is 9.78 Å². The quantitative estimate of drug-likeness (QED) is 0.734. The zero-order valence-corrected chi connectivity index (χ0v) is 9.65. The minimum Gasteiger partial charge on any atom is -0.478 e. The molecule has 4 N–H and O–H groups in total. The Hall–Kier alpha value is -1.82. The summed E-state index contributed by atoms with van der Waals surface area (Å²) in [7, 11) is 0. The summed E-state index contributed by atoms with van der Waals surface area (Å²) in [6.07, 6.45) is 2.56. The first-order valence-electron chi connectivity index (χ1n) is 4.42. The average molecular weight is 282 g/mol. The van der Waals surface area contributed by atoms with Crippen molar-refractivity contribution in [2.75, 3.05) is 5.73 Å². The van der Waals surface area contributed by atoms with Crippen molar-refractivity contribution in [3.8, 4) is 0 Å². The molecule has 0 saturated heterocycles. The van der Waals surface area contributed by atoms with Gasteiger partial charge in [-0.2, -0.15) is 0 Å². The molecule has 0 saturated carbocycles. The lowest BCUT2D eigenvalue weighted by Crippen LogP contribution is -1.86. The number of nitrogen functional groups attached to an aromatic ring is 1. The Morgan fingerprint density at radius 3 is 3.00 bits per heavy atom. The number of carboxylic acids is 1. The summed E-state index contributed by atoms with van der Waals surface area (Å²) in [4.78, 5) is 17.4. The number of imidazole rings is 1. The molecule has 0 aliphatic heterocycles. The van der Waals surface area contributed by atoms with Crippen LogP contribution < -0.4 is 5.73 Å². The van der Waals surface area contributed by atoms with Crippen LogP contribution in [0.1, 0.15) is 5.56 Å². The Morgan fingerprint density at radius 1 is 1.56 bits per heavy atom. The van der Waals surface area contributed by atoms with Gasteiger partial charge in [-0.05, 0) is 28.1 Å². The number of nitrogens with one attached hydrogen (secondary N) is 1. The van der Waals surface area contributed by atoms with E-state index >= 15 is 0 Å². The minimum absolute atomic E-state index is 0.298. The number of benzene rings is 1. The molecule has 6 heteroatoms. The Morgan fingerprint density at radius 2 is 2.31 bits per heavy atom. The van der Waals surface area contributed by atoms with Crippen LogP contribution in [0.25, 0.3) is 17.1 Å². The molecular weight excluding hydrogens is 274 g/mol. The second kappa shape index (κ2) is 3.97. The maximum Gasteiger partial charge on any atom is 0.328 e. The fourth-order valence-electron chi connectivity index (χ4n) is 1.40. The molecule has 1 aromatic carbocycles. The average Bonchev–Trinajstić information content (AvgIpc) is 2.59. The summed E-state index contributed by atoms with van der Waals surface area (Å²) in [6, 6.07) is 3.58. The van der Waals surface area contributed by atoms with E-state index in [0.29, 0.717) is 17.0 Å². The number of H-pyrrole nitrogens is 1. The molecule has 82 valence electrons. The van der Waals surface area contributed by atoms with Gasteiger partial charge in [0.05, 0.1) is 5.52 Å². The second-order valence-electron chi connectivity index (χ2n) is 3.15. The lowest BCUT2D eigenvalue weighted by Gasteiger charge is -1.97. The standard InChI is InChI=1S/C10H8BrN3O2/c11-6-3-1-5(2-4-7(15)16)8-9(6)14-10(12)13-8/h1-4H,(H,15,16)(H3,12,13,14)/b4-2+.